The molecule has 1 atom stereocenters. The van der Waals surface area contributed by atoms with Gasteiger partial charge in [0.1, 0.15) is 0 Å². The first-order valence-corrected chi connectivity index (χ1v) is 4.28. The van der Waals surface area contributed by atoms with Crippen molar-refractivity contribution in [3.63, 3.8) is 0 Å². The molecular weight excluding hydrogens is 170 g/mol. The molecular formula is C8H15N3O2. The average Bonchev–Trinajstić information content (AvgIpc) is 2.48. The number of ether oxygens (including phenoxy) is 1. The van der Waals surface area contributed by atoms with Gasteiger partial charge in [0.25, 0.3) is 0 Å². The molecule has 1 aromatic rings. The van der Waals surface area contributed by atoms with Crippen molar-refractivity contribution in [3.8, 4) is 0 Å². The Morgan fingerprint density at radius 1 is 1.62 bits per heavy atom. The summed E-state index contributed by atoms with van der Waals surface area (Å²) in [5.74, 6) is 1.28. The van der Waals surface area contributed by atoms with E-state index in [1.54, 1.807) is 7.11 Å². The largest absolute Gasteiger partial charge is 0.384 e. The molecule has 0 radical (unpaired) electrons. The van der Waals surface area contributed by atoms with Gasteiger partial charge in [-0.15, -0.1) is 0 Å². The van der Waals surface area contributed by atoms with E-state index in [2.05, 4.69) is 10.1 Å². The molecule has 0 spiro atoms. The van der Waals surface area contributed by atoms with E-state index < -0.39 is 0 Å². The maximum absolute atomic E-state index is 5.58. The molecule has 1 rings (SSSR count). The molecule has 74 valence electrons. The van der Waals surface area contributed by atoms with Crippen molar-refractivity contribution in [2.45, 2.75) is 25.8 Å². The van der Waals surface area contributed by atoms with Crippen molar-refractivity contribution in [2.75, 3.05) is 13.7 Å². The van der Waals surface area contributed by atoms with Gasteiger partial charge in [-0.2, -0.15) is 4.98 Å². The Morgan fingerprint density at radius 2 is 2.38 bits per heavy atom. The number of aromatic nitrogens is 2. The van der Waals surface area contributed by atoms with Gasteiger partial charge in [0.15, 0.2) is 5.82 Å². The summed E-state index contributed by atoms with van der Waals surface area (Å²) in [5.41, 5.74) is 5.58. The summed E-state index contributed by atoms with van der Waals surface area (Å²) < 4.78 is 9.87. The Bertz CT molecular complexity index is 247. The Hall–Kier alpha value is -0.940. The lowest BCUT2D eigenvalue weighted by atomic mass is 10.2. The first kappa shape index (κ1) is 10.1. The number of hydrogen-bond donors (Lipinski definition) is 1. The van der Waals surface area contributed by atoms with Crippen LogP contribution in [0, 0.1) is 0 Å². The molecule has 0 amide bonds. The minimum atomic E-state index is 0.0516. The molecule has 1 unspecified atom stereocenters. The van der Waals surface area contributed by atoms with Crippen molar-refractivity contribution in [2.24, 2.45) is 5.73 Å². The normalized spacial score (nSPS) is 13.2. The molecule has 1 aromatic heterocycles. The molecule has 0 fully saturated rings. The summed E-state index contributed by atoms with van der Waals surface area (Å²) >= 11 is 0. The Labute approximate surface area is 77.3 Å². The van der Waals surface area contributed by atoms with E-state index in [9.17, 15) is 0 Å². The second kappa shape index (κ2) is 4.94. The Balaban J connectivity index is 2.44. The summed E-state index contributed by atoms with van der Waals surface area (Å²) in [5, 5.41) is 3.79. The van der Waals surface area contributed by atoms with Crippen LogP contribution in [-0.4, -0.2) is 29.9 Å². The summed E-state index contributed by atoms with van der Waals surface area (Å²) in [7, 11) is 1.64. The van der Waals surface area contributed by atoms with Gasteiger partial charge in [-0.3, -0.25) is 0 Å². The predicted molar refractivity (Wildman–Crippen MR) is 47.2 cm³/mol. The average molecular weight is 185 g/mol. The number of methoxy groups -OCH3 is 1. The third-order valence-corrected chi connectivity index (χ3v) is 1.54. The fraction of sp³-hybridized carbons (Fsp3) is 0.750. The van der Waals surface area contributed by atoms with E-state index in [0.29, 0.717) is 31.2 Å². The van der Waals surface area contributed by atoms with Gasteiger partial charge in [-0.05, 0) is 6.92 Å². The minimum absolute atomic E-state index is 0.0516. The van der Waals surface area contributed by atoms with Crippen LogP contribution in [-0.2, 0) is 17.6 Å². The van der Waals surface area contributed by atoms with Gasteiger partial charge in [-0.1, -0.05) is 5.16 Å². The molecule has 5 nitrogen and oxygen atoms in total. The van der Waals surface area contributed by atoms with E-state index in [1.165, 1.54) is 0 Å². The van der Waals surface area contributed by atoms with Crippen LogP contribution in [0.3, 0.4) is 0 Å². The van der Waals surface area contributed by atoms with Gasteiger partial charge in [0.05, 0.1) is 6.61 Å². The summed E-state index contributed by atoms with van der Waals surface area (Å²) in [6.07, 6.45) is 1.30. The highest BCUT2D eigenvalue weighted by Gasteiger charge is 2.07. The topological polar surface area (TPSA) is 74.2 Å². The molecule has 0 saturated carbocycles. The van der Waals surface area contributed by atoms with Gasteiger partial charge < -0.3 is 15.0 Å². The lowest BCUT2D eigenvalue weighted by Gasteiger charge is -1.96. The summed E-state index contributed by atoms with van der Waals surface area (Å²) in [4.78, 5) is 4.15. The third-order valence-electron chi connectivity index (χ3n) is 1.54. The van der Waals surface area contributed by atoms with Crippen molar-refractivity contribution >= 4 is 0 Å². The van der Waals surface area contributed by atoms with E-state index in [4.69, 9.17) is 15.0 Å². The molecule has 5 heteroatoms. The highest BCUT2D eigenvalue weighted by atomic mass is 16.5. The summed E-state index contributed by atoms with van der Waals surface area (Å²) in [6.45, 7) is 2.51. The zero-order valence-corrected chi connectivity index (χ0v) is 7.99. The van der Waals surface area contributed by atoms with E-state index in [-0.39, 0.29) is 6.04 Å². The monoisotopic (exact) mass is 185 g/mol. The maximum Gasteiger partial charge on any atom is 0.228 e. The Morgan fingerprint density at radius 3 is 3.00 bits per heavy atom. The Kier molecular flexibility index (Phi) is 3.85. The second-order valence-electron chi connectivity index (χ2n) is 3.03. The van der Waals surface area contributed by atoms with Crippen LogP contribution in [0.25, 0.3) is 0 Å². The predicted octanol–water partition coefficient (Wildman–Crippen LogP) is 0.148. The van der Waals surface area contributed by atoms with Crippen molar-refractivity contribution < 1.29 is 9.26 Å². The van der Waals surface area contributed by atoms with E-state index >= 15 is 0 Å². The molecule has 0 aliphatic rings. The van der Waals surface area contributed by atoms with Crippen molar-refractivity contribution in [3.05, 3.63) is 11.7 Å². The van der Waals surface area contributed by atoms with Gasteiger partial charge in [-0.25, -0.2) is 0 Å². The van der Waals surface area contributed by atoms with Crippen LogP contribution in [0.15, 0.2) is 4.52 Å². The van der Waals surface area contributed by atoms with Crippen LogP contribution in [0.5, 0.6) is 0 Å². The van der Waals surface area contributed by atoms with E-state index in [0.717, 1.165) is 0 Å². The first-order chi connectivity index (χ1) is 6.22. The standard InChI is InChI=1S/C8H15N3O2/c1-6(9)5-8-10-7(11-13-8)3-4-12-2/h6H,3-5,9H2,1-2H3. The fourth-order valence-electron chi connectivity index (χ4n) is 0.943. The quantitative estimate of drug-likeness (QED) is 0.706. The first-order valence-electron chi connectivity index (χ1n) is 4.28. The zero-order valence-electron chi connectivity index (χ0n) is 7.99. The van der Waals surface area contributed by atoms with Crippen LogP contribution in [0.1, 0.15) is 18.6 Å². The van der Waals surface area contributed by atoms with Gasteiger partial charge in [0, 0.05) is 26.0 Å². The lowest BCUT2D eigenvalue weighted by molar-refractivity contribution is 0.199. The van der Waals surface area contributed by atoms with Crippen LogP contribution < -0.4 is 5.73 Å². The zero-order chi connectivity index (χ0) is 9.68. The molecule has 0 saturated heterocycles. The van der Waals surface area contributed by atoms with Crippen molar-refractivity contribution in [1.82, 2.24) is 10.1 Å². The van der Waals surface area contributed by atoms with Crippen LogP contribution in [0.2, 0.25) is 0 Å². The lowest BCUT2D eigenvalue weighted by Crippen LogP contribution is -2.17. The number of hydrogen-bond acceptors (Lipinski definition) is 5. The molecule has 0 aromatic carbocycles. The second-order valence-corrected chi connectivity index (χ2v) is 3.03. The highest BCUT2D eigenvalue weighted by molar-refractivity contribution is 4.88. The molecule has 2 N–H and O–H groups in total. The van der Waals surface area contributed by atoms with Gasteiger partial charge >= 0.3 is 0 Å². The third kappa shape index (κ3) is 3.52. The smallest absolute Gasteiger partial charge is 0.228 e. The number of rotatable bonds is 5. The molecule has 1 heterocycles. The maximum atomic E-state index is 5.58. The molecule has 0 aliphatic heterocycles. The summed E-state index contributed by atoms with van der Waals surface area (Å²) in [6, 6.07) is 0.0516. The van der Waals surface area contributed by atoms with E-state index in [1.807, 2.05) is 6.92 Å². The highest BCUT2D eigenvalue weighted by Crippen LogP contribution is 2.00. The van der Waals surface area contributed by atoms with Crippen molar-refractivity contribution in [1.29, 1.82) is 0 Å². The molecule has 0 aliphatic carbocycles. The number of nitrogens with two attached hydrogens (primary N) is 1. The minimum Gasteiger partial charge on any atom is -0.384 e. The molecule has 13 heavy (non-hydrogen) atoms. The SMILES string of the molecule is COCCc1noc(CC(C)N)n1. The number of nitrogens with zero attached hydrogens (tertiary/aromatic N) is 2. The fourth-order valence-corrected chi connectivity index (χ4v) is 0.943. The van der Waals surface area contributed by atoms with Crippen LogP contribution >= 0.6 is 0 Å². The molecule has 0 bridgehead atoms. The van der Waals surface area contributed by atoms with Crippen LogP contribution in [0.4, 0.5) is 0 Å². The van der Waals surface area contributed by atoms with Gasteiger partial charge in [0.2, 0.25) is 5.89 Å².